The van der Waals surface area contributed by atoms with Gasteiger partial charge in [0.15, 0.2) is 0 Å². The minimum atomic E-state index is -3.62. The van der Waals surface area contributed by atoms with E-state index >= 15 is 0 Å². The number of aromatic amines is 2. The van der Waals surface area contributed by atoms with Crippen LogP contribution in [-0.4, -0.2) is 53.3 Å². The molecule has 1 atom stereocenters. The van der Waals surface area contributed by atoms with Gasteiger partial charge in [-0.2, -0.15) is 4.31 Å². The summed E-state index contributed by atoms with van der Waals surface area (Å²) in [7, 11) is -3.62. The lowest BCUT2D eigenvalue weighted by molar-refractivity contribution is 0.210. The van der Waals surface area contributed by atoms with Gasteiger partial charge in [-0.05, 0) is 37.1 Å². The number of hydrogen-bond acceptors (Lipinski definition) is 4. The van der Waals surface area contributed by atoms with Gasteiger partial charge in [-0.1, -0.05) is 30.3 Å². The predicted octanol–water partition coefficient (Wildman–Crippen LogP) is 2.14. The Morgan fingerprint density at radius 1 is 1.00 bits per heavy atom. The van der Waals surface area contributed by atoms with Crippen LogP contribution < -0.4 is 5.69 Å². The van der Waals surface area contributed by atoms with Crippen LogP contribution in [0.1, 0.15) is 18.9 Å². The van der Waals surface area contributed by atoms with Crippen molar-refractivity contribution in [2.75, 3.05) is 19.6 Å². The first-order chi connectivity index (χ1) is 13.4. The molecule has 1 fully saturated rings. The Kier molecular flexibility index (Phi) is 5.09. The van der Waals surface area contributed by atoms with Crippen molar-refractivity contribution in [3.8, 4) is 0 Å². The number of aromatic nitrogens is 2. The molecule has 1 aliphatic rings. The smallest absolute Gasteiger partial charge is 0.306 e. The third-order valence-corrected chi connectivity index (χ3v) is 7.30. The molecule has 0 radical (unpaired) electrons. The van der Waals surface area contributed by atoms with E-state index in [-0.39, 0.29) is 10.6 Å². The molecular weight excluding hydrogens is 376 g/mol. The second-order valence-corrected chi connectivity index (χ2v) is 9.22. The Morgan fingerprint density at radius 3 is 2.54 bits per heavy atom. The molecule has 3 aromatic rings. The largest absolute Gasteiger partial charge is 0.323 e. The minimum absolute atomic E-state index is 0.208. The maximum absolute atomic E-state index is 13.2. The molecule has 1 aromatic heterocycles. The first-order valence-electron chi connectivity index (χ1n) is 9.44. The Hall–Kier alpha value is -2.42. The average molecular weight is 401 g/mol. The van der Waals surface area contributed by atoms with E-state index in [1.54, 1.807) is 16.4 Å². The first kappa shape index (κ1) is 18.9. The van der Waals surface area contributed by atoms with Crippen LogP contribution in [-0.2, 0) is 16.6 Å². The van der Waals surface area contributed by atoms with Crippen molar-refractivity contribution in [1.29, 1.82) is 0 Å². The highest BCUT2D eigenvalue weighted by atomic mass is 32.2. The highest BCUT2D eigenvalue weighted by Crippen LogP contribution is 2.23. The molecular formula is C20H24N4O3S. The van der Waals surface area contributed by atoms with Crippen molar-refractivity contribution < 1.29 is 8.42 Å². The van der Waals surface area contributed by atoms with Gasteiger partial charge in [0.05, 0.1) is 15.9 Å². The number of nitrogens with zero attached hydrogens (tertiary/aromatic N) is 2. The second-order valence-electron chi connectivity index (χ2n) is 7.28. The van der Waals surface area contributed by atoms with Crippen molar-refractivity contribution >= 4 is 21.1 Å². The lowest BCUT2D eigenvalue weighted by atomic mass is 10.1. The Labute approximate surface area is 164 Å². The zero-order valence-electron chi connectivity index (χ0n) is 15.8. The molecule has 1 aliphatic heterocycles. The van der Waals surface area contributed by atoms with Gasteiger partial charge >= 0.3 is 5.69 Å². The lowest BCUT2D eigenvalue weighted by Crippen LogP contribution is -2.36. The zero-order valence-corrected chi connectivity index (χ0v) is 16.6. The topological polar surface area (TPSA) is 89.3 Å². The predicted molar refractivity (Wildman–Crippen MR) is 109 cm³/mol. The molecule has 2 aromatic carbocycles. The molecule has 2 N–H and O–H groups in total. The number of sulfonamides is 1. The molecule has 1 unspecified atom stereocenters. The standard InChI is InChI=1S/C20H24N4O3S/c1-15-9-10-24(12-11-23(15)14-16-5-3-2-4-6-16)28(26,27)17-7-8-18-19(13-17)22-20(25)21-18/h2-8,13,15H,9-12,14H2,1H3,(H2,21,22,25). The summed E-state index contributed by atoms with van der Waals surface area (Å²) in [6.45, 7) is 4.57. The third-order valence-electron chi connectivity index (χ3n) is 5.41. The number of H-pyrrole nitrogens is 2. The van der Waals surface area contributed by atoms with Gasteiger partial charge in [0.2, 0.25) is 10.0 Å². The summed E-state index contributed by atoms with van der Waals surface area (Å²) in [4.78, 5) is 19.2. The number of fused-ring (bicyclic) bond motifs is 1. The van der Waals surface area contributed by atoms with E-state index in [9.17, 15) is 13.2 Å². The SMILES string of the molecule is CC1CCN(S(=O)(=O)c2ccc3[nH]c(=O)[nH]c3c2)CCN1Cc1ccccc1. The fourth-order valence-electron chi connectivity index (χ4n) is 3.70. The van der Waals surface area contributed by atoms with Gasteiger partial charge in [0.25, 0.3) is 0 Å². The van der Waals surface area contributed by atoms with Gasteiger partial charge in [0, 0.05) is 32.2 Å². The molecule has 7 nitrogen and oxygen atoms in total. The molecule has 0 bridgehead atoms. The molecule has 8 heteroatoms. The monoisotopic (exact) mass is 400 g/mol. The van der Waals surface area contributed by atoms with Gasteiger partial charge in [-0.15, -0.1) is 0 Å². The number of hydrogen-bond donors (Lipinski definition) is 2. The average Bonchev–Trinajstić information content (AvgIpc) is 2.96. The summed E-state index contributed by atoms with van der Waals surface area (Å²) >= 11 is 0. The molecule has 4 rings (SSSR count). The molecule has 28 heavy (non-hydrogen) atoms. The highest BCUT2D eigenvalue weighted by molar-refractivity contribution is 7.89. The van der Waals surface area contributed by atoms with Crippen molar-refractivity contribution in [1.82, 2.24) is 19.2 Å². The Bertz CT molecular complexity index is 1120. The van der Waals surface area contributed by atoms with Crippen molar-refractivity contribution in [2.24, 2.45) is 0 Å². The van der Waals surface area contributed by atoms with E-state index in [1.807, 2.05) is 18.2 Å². The maximum Gasteiger partial charge on any atom is 0.323 e. The van der Waals surface area contributed by atoms with E-state index in [4.69, 9.17) is 0 Å². The fourth-order valence-corrected chi connectivity index (χ4v) is 5.17. The highest BCUT2D eigenvalue weighted by Gasteiger charge is 2.29. The number of imidazole rings is 1. The summed E-state index contributed by atoms with van der Waals surface area (Å²) in [6.07, 6.45) is 0.773. The van der Waals surface area contributed by atoms with Crippen molar-refractivity contribution in [2.45, 2.75) is 30.8 Å². The molecule has 0 spiro atoms. The fraction of sp³-hybridized carbons (Fsp3) is 0.350. The maximum atomic E-state index is 13.2. The van der Waals surface area contributed by atoms with Crippen LogP contribution in [0.15, 0.2) is 58.2 Å². The molecule has 148 valence electrons. The van der Waals surface area contributed by atoms with Gasteiger partial charge in [-0.25, -0.2) is 13.2 Å². The number of benzene rings is 2. The van der Waals surface area contributed by atoms with Crippen LogP contribution in [0.5, 0.6) is 0 Å². The summed E-state index contributed by atoms with van der Waals surface area (Å²) in [5.41, 5.74) is 1.99. The zero-order chi connectivity index (χ0) is 19.7. The second kappa shape index (κ2) is 7.54. The third kappa shape index (κ3) is 3.76. The first-order valence-corrected chi connectivity index (χ1v) is 10.9. The number of nitrogens with one attached hydrogen (secondary N) is 2. The lowest BCUT2D eigenvalue weighted by Gasteiger charge is -2.26. The summed E-state index contributed by atoms with van der Waals surface area (Å²) in [6, 6.07) is 15.2. The van der Waals surface area contributed by atoms with Crippen LogP contribution in [0.4, 0.5) is 0 Å². The summed E-state index contributed by atoms with van der Waals surface area (Å²) in [5.74, 6) is 0. The van der Waals surface area contributed by atoms with E-state index < -0.39 is 10.0 Å². The molecule has 2 heterocycles. The van der Waals surface area contributed by atoms with E-state index in [2.05, 4.69) is 33.9 Å². The Morgan fingerprint density at radius 2 is 1.75 bits per heavy atom. The van der Waals surface area contributed by atoms with Crippen LogP contribution in [0.2, 0.25) is 0 Å². The molecule has 0 saturated carbocycles. The summed E-state index contributed by atoms with van der Waals surface area (Å²) < 4.78 is 27.9. The van der Waals surface area contributed by atoms with Gasteiger partial charge < -0.3 is 9.97 Å². The molecule has 0 aliphatic carbocycles. The minimum Gasteiger partial charge on any atom is -0.306 e. The van der Waals surface area contributed by atoms with Gasteiger partial charge in [0.1, 0.15) is 0 Å². The van der Waals surface area contributed by atoms with Crippen molar-refractivity contribution in [3.05, 3.63) is 64.6 Å². The van der Waals surface area contributed by atoms with Crippen molar-refractivity contribution in [3.63, 3.8) is 0 Å². The van der Waals surface area contributed by atoms with Crippen LogP contribution >= 0.6 is 0 Å². The van der Waals surface area contributed by atoms with E-state index in [0.29, 0.717) is 36.7 Å². The molecule has 1 saturated heterocycles. The van der Waals surface area contributed by atoms with Crippen LogP contribution in [0.3, 0.4) is 0 Å². The number of rotatable bonds is 4. The Balaban J connectivity index is 1.54. The normalized spacial score (nSPS) is 19.7. The van der Waals surface area contributed by atoms with E-state index in [0.717, 1.165) is 13.0 Å². The summed E-state index contributed by atoms with van der Waals surface area (Å²) in [5, 5.41) is 0. The quantitative estimate of drug-likeness (QED) is 0.702. The van der Waals surface area contributed by atoms with Crippen LogP contribution in [0, 0.1) is 0 Å². The molecule has 0 amide bonds. The van der Waals surface area contributed by atoms with E-state index in [1.165, 1.54) is 11.6 Å². The van der Waals surface area contributed by atoms with Gasteiger partial charge in [-0.3, -0.25) is 4.90 Å². The van der Waals surface area contributed by atoms with Crippen LogP contribution in [0.25, 0.3) is 11.0 Å².